The first kappa shape index (κ1) is 18.9. The fraction of sp³-hybridized carbons (Fsp3) is 0.957. The van der Waals surface area contributed by atoms with Crippen molar-refractivity contribution >= 4 is 5.78 Å². The van der Waals surface area contributed by atoms with Crippen LogP contribution in [0.2, 0.25) is 0 Å². The van der Waals surface area contributed by atoms with E-state index in [2.05, 4.69) is 18.7 Å². The van der Waals surface area contributed by atoms with Crippen LogP contribution in [0, 0.1) is 23.7 Å². The van der Waals surface area contributed by atoms with Crippen molar-refractivity contribution in [3.05, 3.63) is 0 Å². The standard InChI is InChI=1S/C23H40N2O/c1-17-7-6-14-24-15-18(2)25(23(17)24)16-22(26)21-12-10-20(11-13-21)19-8-4-3-5-9-19/h17-21,23H,3-16H2,1-2H3/p+1. The molecule has 4 aliphatic rings. The molecule has 3 nitrogen and oxygen atoms in total. The number of hydrogen-bond donors (Lipinski definition) is 1. The Morgan fingerprint density at radius 3 is 2.31 bits per heavy atom. The summed E-state index contributed by atoms with van der Waals surface area (Å²) < 4.78 is 0. The Hall–Kier alpha value is -0.410. The van der Waals surface area contributed by atoms with Gasteiger partial charge in [0, 0.05) is 18.4 Å². The zero-order valence-corrected chi connectivity index (χ0v) is 17.2. The van der Waals surface area contributed by atoms with Gasteiger partial charge in [0.15, 0.2) is 5.78 Å². The molecule has 2 aliphatic heterocycles. The Kier molecular flexibility index (Phi) is 6.05. The number of quaternary nitrogens is 1. The number of nitrogens with one attached hydrogen (secondary N) is 1. The summed E-state index contributed by atoms with van der Waals surface area (Å²) in [6.45, 7) is 8.03. The van der Waals surface area contributed by atoms with Crippen LogP contribution in [0.3, 0.4) is 0 Å². The number of piperidine rings is 1. The maximum absolute atomic E-state index is 13.1. The average molecular weight is 362 g/mol. The molecule has 2 saturated carbocycles. The largest absolute Gasteiger partial charge is 0.310 e. The third-order valence-corrected chi connectivity index (χ3v) is 8.48. The third-order valence-electron chi connectivity index (χ3n) is 8.48. The summed E-state index contributed by atoms with van der Waals surface area (Å²) >= 11 is 0. The van der Waals surface area contributed by atoms with E-state index in [1.165, 1.54) is 83.7 Å². The topological polar surface area (TPSA) is 24.8 Å². The van der Waals surface area contributed by atoms with Gasteiger partial charge >= 0.3 is 0 Å². The van der Waals surface area contributed by atoms with Crippen LogP contribution in [0.1, 0.15) is 84.5 Å². The van der Waals surface area contributed by atoms with Crippen molar-refractivity contribution in [1.82, 2.24) is 4.90 Å². The van der Waals surface area contributed by atoms with Crippen LogP contribution < -0.4 is 4.90 Å². The van der Waals surface area contributed by atoms with Gasteiger partial charge in [0.25, 0.3) is 0 Å². The van der Waals surface area contributed by atoms with Crippen LogP contribution in [0.4, 0.5) is 0 Å². The van der Waals surface area contributed by atoms with Gasteiger partial charge in [-0.2, -0.15) is 0 Å². The fourth-order valence-corrected chi connectivity index (χ4v) is 6.98. The van der Waals surface area contributed by atoms with E-state index >= 15 is 0 Å². The van der Waals surface area contributed by atoms with Crippen LogP contribution in [0.5, 0.6) is 0 Å². The minimum atomic E-state index is 0.377. The maximum Gasteiger partial charge on any atom is 0.189 e. The van der Waals surface area contributed by atoms with E-state index in [4.69, 9.17) is 0 Å². The summed E-state index contributed by atoms with van der Waals surface area (Å²) in [5.41, 5.74) is 0. The van der Waals surface area contributed by atoms with Crippen LogP contribution in [0.15, 0.2) is 0 Å². The molecular formula is C23H41N2O+. The predicted molar refractivity (Wildman–Crippen MR) is 106 cm³/mol. The smallest absolute Gasteiger partial charge is 0.189 e. The van der Waals surface area contributed by atoms with Crippen LogP contribution in [-0.2, 0) is 4.79 Å². The van der Waals surface area contributed by atoms with Gasteiger partial charge in [-0.1, -0.05) is 39.0 Å². The summed E-state index contributed by atoms with van der Waals surface area (Å²) in [6.07, 6.45) is 15.6. The van der Waals surface area contributed by atoms with Gasteiger partial charge < -0.3 is 4.90 Å². The van der Waals surface area contributed by atoms with Gasteiger partial charge in [0.1, 0.15) is 12.7 Å². The van der Waals surface area contributed by atoms with Gasteiger partial charge in [0.2, 0.25) is 0 Å². The summed E-state index contributed by atoms with van der Waals surface area (Å²) in [4.78, 5) is 17.4. The van der Waals surface area contributed by atoms with Crippen LogP contribution >= 0.6 is 0 Å². The molecule has 0 bridgehead atoms. The van der Waals surface area contributed by atoms with Crippen molar-refractivity contribution in [1.29, 1.82) is 0 Å². The van der Waals surface area contributed by atoms with Gasteiger partial charge in [-0.3, -0.25) is 4.79 Å². The van der Waals surface area contributed by atoms with Crippen molar-refractivity contribution in [3.63, 3.8) is 0 Å². The second-order valence-corrected chi connectivity index (χ2v) is 10.2. The van der Waals surface area contributed by atoms with Gasteiger partial charge in [-0.05, 0) is 57.3 Å². The molecule has 26 heavy (non-hydrogen) atoms. The number of fused-ring (bicyclic) bond motifs is 1. The Morgan fingerprint density at radius 2 is 1.58 bits per heavy atom. The van der Waals surface area contributed by atoms with E-state index in [0.717, 1.165) is 24.3 Å². The molecule has 3 heteroatoms. The minimum Gasteiger partial charge on any atom is -0.310 e. The van der Waals surface area contributed by atoms with Crippen molar-refractivity contribution in [2.75, 3.05) is 19.6 Å². The number of ketones is 1. The molecule has 4 atom stereocenters. The quantitative estimate of drug-likeness (QED) is 0.831. The molecule has 0 radical (unpaired) electrons. The van der Waals surface area contributed by atoms with E-state index in [0.29, 0.717) is 23.9 Å². The molecule has 2 heterocycles. The molecule has 148 valence electrons. The number of rotatable bonds is 4. The lowest BCUT2D eigenvalue weighted by molar-refractivity contribution is -0.936. The van der Waals surface area contributed by atoms with Crippen molar-refractivity contribution in [3.8, 4) is 0 Å². The highest BCUT2D eigenvalue weighted by Crippen LogP contribution is 2.40. The zero-order chi connectivity index (χ0) is 18.1. The van der Waals surface area contributed by atoms with E-state index in [1.54, 1.807) is 4.90 Å². The number of nitrogens with zero attached hydrogens (tertiary/aromatic N) is 1. The summed E-state index contributed by atoms with van der Waals surface area (Å²) in [5, 5.41) is 0. The number of hydrogen-bond acceptors (Lipinski definition) is 2. The lowest BCUT2D eigenvalue weighted by Crippen LogP contribution is -3.19. The minimum absolute atomic E-state index is 0.377. The zero-order valence-electron chi connectivity index (χ0n) is 17.2. The fourth-order valence-electron chi connectivity index (χ4n) is 6.98. The molecule has 4 unspecified atom stereocenters. The predicted octanol–water partition coefficient (Wildman–Crippen LogP) is 3.29. The Balaban J connectivity index is 1.30. The molecule has 0 amide bonds. The Bertz CT molecular complexity index is 479. The highest BCUT2D eigenvalue weighted by Gasteiger charge is 2.47. The molecule has 2 saturated heterocycles. The number of carbonyl (C=O) groups is 1. The number of Topliss-reactive ketones (excluding diaryl/α,β-unsaturated/α-hetero) is 1. The normalized spacial score (nSPS) is 42.5. The van der Waals surface area contributed by atoms with E-state index in [1.807, 2.05) is 0 Å². The average Bonchev–Trinajstić information content (AvgIpc) is 2.99. The lowest BCUT2D eigenvalue weighted by Gasteiger charge is -2.37. The van der Waals surface area contributed by atoms with Crippen LogP contribution in [0.25, 0.3) is 0 Å². The second kappa shape index (κ2) is 8.31. The SMILES string of the molecule is CC1CCCN2CC(C)[NH+](CC(=O)C3CCC(C4CCCCC4)CC3)C12. The monoisotopic (exact) mass is 361 g/mol. The summed E-state index contributed by atoms with van der Waals surface area (Å²) in [5.74, 6) is 3.64. The second-order valence-electron chi connectivity index (χ2n) is 10.2. The Morgan fingerprint density at radius 1 is 0.885 bits per heavy atom. The Labute approximate surface area is 160 Å². The first-order valence-corrected chi connectivity index (χ1v) is 11.8. The van der Waals surface area contributed by atoms with Crippen molar-refractivity contribution in [2.45, 2.75) is 96.7 Å². The maximum atomic E-state index is 13.1. The first-order chi connectivity index (χ1) is 12.6. The molecule has 1 N–H and O–H groups in total. The van der Waals surface area contributed by atoms with E-state index in [9.17, 15) is 4.79 Å². The van der Waals surface area contributed by atoms with Crippen molar-refractivity contribution in [2.24, 2.45) is 23.7 Å². The van der Waals surface area contributed by atoms with Crippen molar-refractivity contribution < 1.29 is 9.69 Å². The molecule has 0 aromatic heterocycles. The number of carbonyl (C=O) groups excluding carboxylic acids is 1. The van der Waals surface area contributed by atoms with E-state index in [-0.39, 0.29) is 0 Å². The third kappa shape index (κ3) is 3.90. The van der Waals surface area contributed by atoms with Crippen LogP contribution in [-0.4, -0.2) is 42.5 Å². The molecular weight excluding hydrogens is 320 g/mol. The highest BCUT2D eigenvalue weighted by atomic mass is 16.1. The van der Waals surface area contributed by atoms with E-state index < -0.39 is 0 Å². The van der Waals surface area contributed by atoms with Gasteiger partial charge in [0.05, 0.1) is 12.6 Å². The molecule has 0 aromatic carbocycles. The van der Waals surface area contributed by atoms with Gasteiger partial charge in [-0.15, -0.1) is 0 Å². The van der Waals surface area contributed by atoms with Gasteiger partial charge in [-0.25, -0.2) is 4.90 Å². The lowest BCUT2D eigenvalue weighted by atomic mass is 9.70. The summed E-state index contributed by atoms with van der Waals surface area (Å²) in [7, 11) is 0. The first-order valence-electron chi connectivity index (χ1n) is 11.8. The molecule has 0 spiro atoms. The highest BCUT2D eigenvalue weighted by molar-refractivity contribution is 5.82. The molecule has 4 fully saturated rings. The molecule has 2 aliphatic carbocycles. The summed E-state index contributed by atoms with van der Waals surface area (Å²) in [6, 6.07) is 0.628. The molecule has 0 aromatic rings. The molecule has 4 rings (SSSR count).